The first-order chi connectivity index (χ1) is 14.2. The van der Waals surface area contributed by atoms with E-state index in [0.717, 1.165) is 28.3 Å². The summed E-state index contributed by atoms with van der Waals surface area (Å²) in [5, 5.41) is 3.60. The number of carbonyl (C=O) groups is 2. The third kappa shape index (κ3) is 4.19. The van der Waals surface area contributed by atoms with Crippen LogP contribution in [0, 0.1) is 0 Å². The second-order valence-electron chi connectivity index (χ2n) is 6.71. The Labute approximate surface area is 168 Å². The normalized spacial score (nSPS) is 11.7. The van der Waals surface area contributed by atoms with E-state index < -0.39 is 6.04 Å². The van der Waals surface area contributed by atoms with Crippen molar-refractivity contribution >= 4 is 23.1 Å². The van der Waals surface area contributed by atoms with Gasteiger partial charge in [-0.15, -0.1) is 0 Å². The number of para-hydroxylation sites is 1. The van der Waals surface area contributed by atoms with Gasteiger partial charge in [-0.3, -0.25) is 9.78 Å². The molecule has 4 aromatic rings. The Morgan fingerprint density at radius 3 is 2.45 bits per heavy atom. The highest BCUT2D eigenvalue weighted by Gasteiger charge is 2.18. The van der Waals surface area contributed by atoms with Crippen LogP contribution in [0.3, 0.4) is 0 Å². The van der Waals surface area contributed by atoms with Crippen molar-refractivity contribution in [3.63, 3.8) is 0 Å². The summed E-state index contributed by atoms with van der Waals surface area (Å²) in [6.45, 7) is 0. The summed E-state index contributed by atoms with van der Waals surface area (Å²) in [5.41, 5.74) is 3.75. The predicted octanol–water partition coefficient (Wildman–Crippen LogP) is 3.84. The van der Waals surface area contributed by atoms with Crippen LogP contribution in [0.25, 0.3) is 22.2 Å². The molecule has 0 bridgehead atoms. The van der Waals surface area contributed by atoms with Crippen molar-refractivity contribution in [3.8, 4) is 11.3 Å². The van der Waals surface area contributed by atoms with Crippen molar-refractivity contribution in [1.29, 1.82) is 0 Å². The zero-order chi connectivity index (χ0) is 20.1. The molecule has 0 radical (unpaired) electrons. The van der Waals surface area contributed by atoms with Crippen molar-refractivity contribution in [3.05, 3.63) is 96.3 Å². The predicted molar refractivity (Wildman–Crippen MR) is 112 cm³/mol. The number of aromatic nitrogens is 2. The summed E-state index contributed by atoms with van der Waals surface area (Å²) in [6.07, 6.45) is 4.59. The van der Waals surface area contributed by atoms with Crippen molar-refractivity contribution in [2.45, 2.75) is 12.5 Å². The molecule has 1 atom stereocenters. The molecule has 0 spiro atoms. The van der Waals surface area contributed by atoms with Gasteiger partial charge in [0.1, 0.15) is 6.29 Å². The van der Waals surface area contributed by atoms with E-state index in [-0.39, 0.29) is 5.91 Å². The number of nitrogens with zero attached hydrogens (tertiary/aromatic N) is 2. The van der Waals surface area contributed by atoms with Gasteiger partial charge in [-0.25, -0.2) is 4.98 Å². The molecular weight excluding hydrogens is 362 g/mol. The van der Waals surface area contributed by atoms with E-state index in [1.54, 1.807) is 18.5 Å². The Morgan fingerprint density at radius 1 is 0.966 bits per heavy atom. The topological polar surface area (TPSA) is 72.0 Å². The molecule has 0 fully saturated rings. The minimum atomic E-state index is -0.610. The zero-order valence-corrected chi connectivity index (χ0v) is 15.7. The van der Waals surface area contributed by atoms with Crippen molar-refractivity contribution < 1.29 is 9.59 Å². The number of hydrogen-bond acceptors (Lipinski definition) is 4. The molecule has 1 amide bonds. The SMILES string of the molecule is O=C[C@H](Cc1ccccc1)NC(=O)c1cc(-c2ccncc2)nc2ccccc12. The summed E-state index contributed by atoms with van der Waals surface area (Å²) in [4.78, 5) is 33.4. The maximum Gasteiger partial charge on any atom is 0.252 e. The number of nitrogens with one attached hydrogen (secondary N) is 1. The molecule has 142 valence electrons. The van der Waals surface area contributed by atoms with Crippen LogP contribution < -0.4 is 5.32 Å². The van der Waals surface area contributed by atoms with E-state index in [2.05, 4.69) is 15.3 Å². The maximum atomic E-state index is 13.1. The molecule has 0 unspecified atom stereocenters. The molecule has 1 N–H and O–H groups in total. The molecule has 2 aromatic heterocycles. The van der Waals surface area contributed by atoms with Gasteiger partial charge in [0.15, 0.2) is 0 Å². The fourth-order valence-corrected chi connectivity index (χ4v) is 3.28. The first-order valence-corrected chi connectivity index (χ1v) is 9.35. The van der Waals surface area contributed by atoms with Crippen LogP contribution in [0.4, 0.5) is 0 Å². The van der Waals surface area contributed by atoms with E-state index in [9.17, 15) is 9.59 Å². The summed E-state index contributed by atoms with van der Waals surface area (Å²) < 4.78 is 0. The van der Waals surface area contributed by atoms with Crippen LogP contribution >= 0.6 is 0 Å². The van der Waals surface area contributed by atoms with Gasteiger partial charge in [0.25, 0.3) is 5.91 Å². The fraction of sp³-hybridized carbons (Fsp3) is 0.0833. The summed E-state index contributed by atoms with van der Waals surface area (Å²) in [5.74, 6) is -0.299. The number of carbonyl (C=O) groups excluding carboxylic acids is 2. The molecule has 0 aliphatic rings. The summed E-state index contributed by atoms with van der Waals surface area (Å²) >= 11 is 0. The van der Waals surface area contributed by atoms with E-state index in [1.165, 1.54) is 0 Å². The molecule has 0 aliphatic heterocycles. The second-order valence-corrected chi connectivity index (χ2v) is 6.71. The van der Waals surface area contributed by atoms with Crippen molar-refractivity contribution in [2.24, 2.45) is 0 Å². The van der Waals surface area contributed by atoms with Crippen LogP contribution in [0.2, 0.25) is 0 Å². The Bertz CT molecular complexity index is 1140. The highest BCUT2D eigenvalue weighted by atomic mass is 16.2. The number of pyridine rings is 2. The van der Waals surface area contributed by atoms with Gasteiger partial charge in [0.05, 0.1) is 22.8 Å². The molecule has 4 rings (SSSR count). The molecule has 5 heteroatoms. The lowest BCUT2D eigenvalue weighted by atomic mass is 10.0. The largest absolute Gasteiger partial charge is 0.342 e. The first-order valence-electron chi connectivity index (χ1n) is 9.35. The average molecular weight is 381 g/mol. The number of rotatable bonds is 6. The molecular formula is C24H19N3O2. The molecule has 29 heavy (non-hydrogen) atoms. The van der Waals surface area contributed by atoms with Gasteiger partial charge in [-0.1, -0.05) is 48.5 Å². The van der Waals surface area contributed by atoms with Gasteiger partial charge in [0.2, 0.25) is 0 Å². The van der Waals surface area contributed by atoms with E-state index in [1.807, 2.05) is 66.7 Å². The monoisotopic (exact) mass is 381 g/mol. The summed E-state index contributed by atoms with van der Waals surface area (Å²) in [6, 6.07) is 22.0. The Kier molecular flexibility index (Phi) is 5.38. The average Bonchev–Trinajstić information content (AvgIpc) is 2.79. The van der Waals surface area contributed by atoms with E-state index >= 15 is 0 Å². The number of aldehydes is 1. The molecule has 5 nitrogen and oxygen atoms in total. The maximum absolute atomic E-state index is 13.1. The highest BCUT2D eigenvalue weighted by molar-refractivity contribution is 6.07. The quantitative estimate of drug-likeness (QED) is 0.515. The molecule has 2 aromatic carbocycles. The van der Waals surface area contributed by atoms with Gasteiger partial charge < -0.3 is 10.1 Å². The number of hydrogen-bond donors (Lipinski definition) is 1. The minimum Gasteiger partial charge on any atom is -0.342 e. The van der Waals surface area contributed by atoms with Crippen molar-refractivity contribution in [1.82, 2.24) is 15.3 Å². The lowest BCUT2D eigenvalue weighted by Crippen LogP contribution is -2.37. The van der Waals surface area contributed by atoms with Crippen LogP contribution in [0.5, 0.6) is 0 Å². The van der Waals surface area contributed by atoms with Gasteiger partial charge >= 0.3 is 0 Å². The first kappa shape index (κ1) is 18.5. The van der Waals surface area contributed by atoms with E-state index in [4.69, 9.17) is 0 Å². The smallest absolute Gasteiger partial charge is 0.252 e. The Balaban J connectivity index is 1.68. The van der Waals surface area contributed by atoms with Gasteiger partial charge in [0, 0.05) is 23.3 Å². The molecule has 0 saturated carbocycles. The Morgan fingerprint density at radius 2 is 1.69 bits per heavy atom. The minimum absolute atomic E-state index is 0.299. The Hall–Kier alpha value is -3.86. The second kappa shape index (κ2) is 8.44. The zero-order valence-electron chi connectivity index (χ0n) is 15.7. The third-order valence-electron chi connectivity index (χ3n) is 4.72. The van der Waals surface area contributed by atoms with Crippen LogP contribution in [-0.4, -0.2) is 28.2 Å². The molecule has 2 heterocycles. The number of fused-ring (bicyclic) bond motifs is 1. The lowest BCUT2D eigenvalue weighted by Gasteiger charge is -2.15. The number of benzene rings is 2. The van der Waals surface area contributed by atoms with Gasteiger partial charge in [-0.05, 0) is 36.2 Å². The standard InChI is InChI=1S/C24H19N3O2/c28-16-19(14-17-6-2-1-3-7-17)26-24(29)21-15-23(18-10-12-25-13-11-18)27-22-9-5-4-8-20(21)22/h1-13,15-16,19H,14H2,(H,26,29)/t19-/m0/s1. The van der Waals surface area contributed by atoms with Crippen LogP contribution in [0.1, 0.15) is 15.9 Å². The lowest BCUT2D eigenvalue weighted by molar-refractivity contribution is -0.109. The molecule has 0 aliphatic carbocycles. The van der Waals surface area contributed by atoms with E-state index in [0.29, 0.717) is 17.7 Å². The van der Waals surface area contributed by atoms with Gasteiger partial charge in [-0.2, -0.15) is 0 Å². The van der Waals surface area contributed by atoms with Crippen molar-refractivity contribution in [2.75, 3.05) is 0 Å². The number of amides is 1. The van der Waals surface area contributed by atoms with Crippen LogP contribution in [-0.2, 0) is 11.2 Å². The fourth-order valence-electron chi connectivity index (χ4n) is 3.28. The third-order valence-corrected chi connectivity index (χ3v) is 4.72. The molecule has 0 saturated heterocycles. The highest BCUT2D eigenvalue weighted by Crippen LogP contribution is 2.24. The summed E-state index contributed by atoms with van der Waals surface area (Å²) in [7, 11) is 0. The van der Waals surface area contributed by atoms with Crippen LogP contribution in [0.15, 0.2) is 85.2 Å².